The molecule has 0 unspecified atom stereocenters. The van der Waals surface area contributed by atoms with Crippen LogP contribution in [0.4, 0.5) is 0 Å². The van der Waals surface area contributed by atoms with Crippen molar-refractivity contribution in [3.63, 3.8) is 0 Å². The molecule has 8 nitrogen and oxygen atoms in total. The molecule has 0 saturated carbocycles. The van der Waals surface area contributed by atoms with Gasteiger partial charge in [0.25, 0.3) is 11.8 Å². The summed E-state index contributed by atoms with van der Waals surface area (Å²) in [6, 6.07) is 13.5. The zero-order valence-corrected chi connectivity index (χ0v) is 17.2. The van der Waals surface area contributed by atoms with Crippen molar-refractivity contribution in [1.82, 2.24) is 16.2 Å². The number of hydrogen-bond donors (Lipinski definition) is 3. The highest BCUT2D eigenvalue weighted by atomic mass is 32.1. The van der Waals surface area contributed by atoms with E-state index in [1.54, 1.807) is 55.6 Å². The van der Waals surface area contributed by atoms with Crippen molar-refractivity contribution in [3.8, 4) is 17.2 Å². The molecule has 9 heteroatoms. The maximum absolute atomic E-state index is 12.3. The molecule has 0 saturated heterocycles. The van der Waals surface area contributed by atoms with Crippen molar-refractivity contribution in [2.45, 2.75) is 20.0 Å². The van der Waals surface area contributed by atoms with E-state index in [0.717, 1.165) is 0 Å². The molecule has 0 aliphatic rings. The number of carbonyl (C=O) groups excluding carboxylic acids is 2. The van der Waals surface area contributed by atoms with Gasteiger partial charge >= 0.3 is 0 Å². The van der Waals surface area contributed by atoms with Crippen molar-refractivity contribution in [2.24, 2.45) is 0 Å². The lowest BCUT2D eigenvalue weighted by molar-refractivity contribution is -0.123. The van der Waals surface area contributed by atoms with Crippen molar-refractivity contribution < 1.29 is 23.8 Å². The fraction of sp³-hybridized carbons (Fsp3) is 0.250. The third-order valence-electron chi connectivity index (χ3n) is 3.44. The van der Waals surface area contributed by atoms with Gasteiger partial charge in [-0.2, -0.15) is 0 Å². The molecule has 3 N–H and O–H groups in total. The molecule has 2 amide bonds. The highest BCUT2D eigenvalue weighted by Crippen LogP contribution is 2.17. The largest absolute Gasteiger partial charge is 0.497 e. The molecule has 0 aromatic heterocycles. The van der Waals surface area contributed by atoms with E-state index in [0.29, 0.717) is 22.8 Å². The van der Waals surface area contributed by atoms with Crippen molar-refractivity contribution in [2.75, 3.05) is 13.7 Å². The zero-order valence-electron chi connectivity index (χ0n) is 16.4. The maximum atomic E-state index is 12.3. The van der Waals surface area contributed by atoms with Crippen molar-refractivity contribution >= 4 is 29.1 Å². The summed E-state index contributed by atoms with van der Waals surface area (Å²) in [6.45, 7) is 3.56. The van der Waals surface area contributed by atoms with Crippen LogP contribution in [-0.2, 0) is 4.79 Å². The number of benzene rings is 2. The second-order valence-corrected chi connectivity index (χ2v) is 6.52. The topological polar surface area (TPSA) is 97.9 Å². The first-order valence-electron chi connectivity index (χ1n) is 8.81. The molecular formula is C20H23N3O5S. The third kappa shape index (κ3) is 7.67. The van der Waals surface area contributed by atoms with Crippen LogP contribution >= 0.6 is 12.2 Å². The summed E-state index contributed by atoms with van der Waals surface area (Å²) in [5.74, 6) is 0.881. The van der Waals surface area contributed by atoms with Gasteiger partial charge < -0.3 is 14.2 Å². The lowest BCUT2D eigenvalue weighted by Gasteiger charge is -2.13. The van der Waals surface area contributed by atoms with E-state index >= 15 is 0 Å². The monoisotopic (exact) mass is 417 g/mol. The molecule has 0 spiro atoms. The molecule has 0 aliphatic carbocycles. The molecule has 2 aromatic carbocycles. The van der Waals surface area contributed by atoms with Gasteiger partial charge in [0.1, 0.15) is 17.2 Å². The Balaban J connectivity index is 1.75. The van der Waals surface area contributed by atoms with Crippen LogP contribution in [-0.4, -0.2) is 36.7 Å². The average Bonchev–Trinajstić information content (AvgIpc) is 2.70. The second kappa shape index (κ2) is 10.9. The van der Waals surface area contributed by atoms with Crippen LogP contribution in [0, 0.1) is 0 Å². The Morgan fingerprint density at radius 3 is 2.34 bits per heavy atom. The second-order valence-electron chi connectivity index (χ2n) is 6.12. The summed E-state index contributed by atoms with van der Waals surface area (Å²) >= 11 is 5.01. The molecule has 29 heavy (non-hydrogen) atoms. The number of ether oxygens (including phenoxy) is 3. The lowest BCUT2D eigenvalue weighted by atomic mass is 10.2. The van der Waals surface area contributed by atoms with E-state index in [1.807, 2.05) is 13.8 Å². The number of hydrazine groups is 1. The molecule has 0 heterocycles. The van der Waals surface area contributed by atoms with Gasteiger partial charge in [-0.05, 0) is 68.5 Å². The fourth-order valence-corrected chi connectivity index (χ4v) is 2.32. The Morgan fingerprint density at radius 2 is 1.69 bits per heavy atom. The number of carbonyl (C=O) groups is 2. The van der Waals surface area contributed by atoms with E-state index in [2.05, 4.69) is 16.2 Å². The Kier molecular flexibility index (Phi) is 8.23. The van der Waals surface area contributed by atoms with Crippen LogP contribution in [0.5, 0.6) is 17.2 Å². The lowest BCUT2D eigenvalue weighted by Crippen LogP contribution is -2.49. The molecule has 2 rings (SSSR count). The van der Waals surface area contributed by atoms with E-state index in [1.165, 1.54) is 0 Å². The van der Waals surface area contributed by atoms with Gasteiger partial charge in [0.2, 0.25) is 0 Å². The van der Waals surface area contributed by atoms with Crippen LogP contribution in [0.1, 0.15) is 24.2 Å². The fourth-order valence-electron chi connectivity index (χ4n) is 2.17. The zero-order chi connectivity index (χ0) is 21.2. The number of thiocarbonyl (C=S) groups is 1. The Morgan fingerprint density at radius 1 is 1.00 bits per heavy atom. The smallest absolute Gasteiger partial charge is 0.276 e. The minimum Gasteiger partial charge on any atom is -0.497 e. The first kappa shape index (κ1) is 22.0. The van der Waals surface area contributed by atoms with Gasteiger partial charge in [-0.15, -0.1) is 0 Å². The third-order valence-corrected chi connectivity index (χ3v) is 3.64. The van der Waals surface area contributed by atoms with Crippen LogP contribution < -0.4 is 30.4 Å². The first-order valence-corrected chi connectivity index (χ1v) is 9.22. The van der Waals surface area contributed by atoms with Gasteiger partial charge in [-0.3, -0.25) is 25.8 Å². The normalized spacial score (nSPS) is 10.1. The predicted molar refractivity (Wildman–Crippen MR) is 112 cm³/mol. The van der Waals surface area contributed by atoms with Crippen LogP contribution in [0.15, 0.2) is 48.5 Å². The standard InChI is InChI=1S/C20H23N3O5S/c1-13(2)28-17-6-4-5-14(11-17)19(25)21-20(29)23-22-18(24)12-27-16-9-7-15(26-3)8-10-16/h4-11,13H,12H2,1-3H3,(H,22,24)(H2,21,23,25,29). The number of amides is 2. The van der Waals surface area contributed by atoms with Gasteiger partial charge in [0.05, 0.1) is 13.2 Å². The molecule has 2 aromatic rings. The van der Waals surface area contributed by atoms with Crippen LogP contribution in [0.3, 0.4) is 0 Å². The molecule has 0 radical (unpaired) electrons. The van der Waals surface area contributed by atoms with Crippen LogP contribution in [0.25, 0.3) is 0 Å². The molecule has 0 atom stereocenters. The minimum absolute atomic E-state index is 0.00796. The van der Waals surface area contributed by atoms with Crippen LogP contribution in [0.2, 0.25) is 0 Å². The van der Waals surface area contributed by atoms with Gasteiger partial charge in [-0.1, -0.05) is 6.07 Å². The van der Waals surface area contributed by atoms with Gasteiger partial charge in [0, 0.05) is 5.56 Å². The quantitative estimate of drug-likeness (QED) is 0.469. The highest BCUT2D eigenvalue weighted by Gasteiger charge is 2.10. The predicted octanol–water partition coefficient (Wildman–Crippen LogP) is 2.20. The molecule has 154 valence electrons. The highest BCUT2D eigenvalue weighted by molar-refractivity contribution is 7.80. The summed E-state index contributed by atoms with van der Waals surface area (Å²) in [5, 5.41) is 2.42. The van der Waals surface area contributed by atoms with E-state index in [-0.39, 0.29) is 17.8 Å². The SMILES string of the molecule is COc1ccc(OCC(=O)NNC(=S)NC(=O)c2cccc(OC(C)C)c2)cc1. The molecule has 0 fully saturated rings. The molecule has 0 aliphatic heterocycles. The van der Waals surface area contributed by atoms with Gasteiger partial charge in [-0.25, -0.2) is 0 Å². The maximum Gasteiger partial charge on any atom is 0.276 e. The molecule has 0 bridgehead atoms. The number of hydrogen-bond acceptors (Lipinski definition) is 6. The van der Waals surface area contributed by atoms with Crippen molar-refractivity contribution in [3.05, 3.63) is 54.1 Å². The summed E-state index contributed by atoms with van der Waals surface area (Å²) in [6.07, 6.45) is -0.00796. The van der Waals surface area contributed by atoms with E-state index in [4.69, 9.17) is 26.4 Å². The summed E-state index contributed by atoms with van der Waals surface area (Å²) in [7, 11) is 1.56. The number of rotatable bonds is 7. The van der Waals surface area contributed by atoms with Crippen molar-refractivity contribution in [1.29, 1.82) is 0 Å². The average molecular weight is 417 g/mol. The minimum atomic E-state index is -0.468. The van der Waals surface area contributed by atoms with E-state index in [9.17, 15) is 9.59 Å². The Labute approximate surface area is 174 Å². The van der Waals surface area contributed by atoms with Gasteiger partial charge in [0.15, 0.2) is 11.7 Å². The number of methoxy groups -OCH3 is 1. The molecular weight excluding hydrogens is 394 g/mol. The Bertz CT molecular complexity index is 855. The van der Waals surface area contributed by atoms with E-state index < -0.39 is 11.8 Å². The summed E-state index contributed by atoms with van der Waals surface area (Å²) in [5.41, 5.74) is 5.18. The Hall–Kier alpha value is -3.33. The number of nitrogens with one attached hydrogen (secondary N) is 3. The first-order chi connectivity index (χ1) is 13.9. The summed E-state index contributed by atoms with van der Waals surface area (Å²) < 4.78 is 15.9. The summed E-state index contributed by atoms with van der Waals surface area (Å²) in [4.78, 5) is 24.1.